The van der Waals surface area contributed by atoms with Gasteiger partial charge in [0.25, 0.3) is 0 Å². The van der Waals surface area contributed by atoms with E-state index in [9.17, 15) is 9.59 Å². The molecule has 208 valence electrons. The number of nitrogens with zero attached hydrogens (tertiary/aromatic N) is 5. The van der Waals surface area contributed by atoms with Crippen molar-refractivity contribution >= 4 is 40.0 Å². The van der Waals surface area contributed by atoms with Gasteiger partial charge in [-0.05, 0) is 66.1 Å². The van der Waals surface area contributed by atoms with E-state index in [4.69, 9.17) is 9.47 Å². The van der Waals surface area contributed by atoms with Gasteiger partial charge in [-0.15, -0.1) is 16.4 Å². The van der Waals surface area contributed by atoms with Gasteiger partial charge in [-0.25, -0.2) is 4.79 Å². The van der Waals surface area contributed by atoms with Crippen LogP contribution in [0.2, 0.25) is 0 Å². The van der Waals surface area contributed by atoms with Crippen LogP contribution in [0.4, 0.5) is 5.00 Å². The summed E-state index contributed by atoms with van der Waals surface area (Å²) in [5.74, 6) is 0.0631. The number of thiophene rings is 1. The zero-order chi connectivity index (χ0) is 28.1. The summed E-state index contributed by atoms with van der Waals surface area (Å²) in [7, 11) is 1.60. The third-order valence-corrected chi connectivity index (χ3v) is 8.68. The Bertz CT molecular complexity index is 1470. The lowest BCUT2D eigenvalue weighted by atomic mass is 10.0. The second-order valence-electron chi connectivity index (χ2n) is 9.20. The van der Waals surface area contributed by atoms with E-state index in [1.165, 1.54) is 28.7 Å². The van der Waals surface area contributed by atoms with E-state index in [0.717, 1.165) is 35.0 Å². The number of amides is 1. The smallest absolute Gasteiger partial charge is 0.341 e. The van der Waals surface area contributed by atoms with Gasteiger partial charge in [0, 0.05) is 24.5 Å². The molecule has 1 amide bonds. The molecule has 0 fully saturated rings. The van der Waals surface area contributed by atoms with Crippen LogP contribution in [0, 0.1) is 0 Å². The number of rotatable bonds is 10. The molecule has 1 N–H and O–H groups in total. The molecular weight excluding hydrogens is 548 g/mol. The predicted octanol–water partition coefficient (Wildman–Crippen LogP) is 4.59. The van der Waals surface area contributed by atoms with Crippen molar-refractivity contribution in [3.63, 3.8) is 0 Å². The van der Waals surface area contributed by atoms with Crippen molar-refractivity contribution in [2.45, 2.75) is 43.8 Å². The number of hydrogen-bond donors (Lipinski definition) is 1. The molecule has 4 aromatic rings. The monoisotopic (exact) mass is 578 g/mol. The van der Waals surface area contributed by atoms with Gasteiger partial charge in [-0.1, -0.05) is 42.1 Å². The number of carbonyl (C=O) groups excluding carboxylic acids is 2. The average molecular weight is 579 g/mol. The topological polar surface area (TPSA) is 111 Å². The molecule has 40 heavy (non-hydrogen) atoms. The fourth-order valence-corrected chi connectivity index (χ4v) is 6.59. The number of methoxy groups -OCH3 is 1. The molecule has 0 aliphatic carbocycles. The fraction of sp³-hybridized carbons (Fsp3) is 0.321. The molecule has 0 bridgehead atoms. The molecule has 1 aliphatic heterocycles. The third kappa shape index (κ3) is 6.19. The first-order valence-corrected chi connectivity index (χ1v) is 14.6. The first-order chi connectivity index (χ1) is 19.5. The number of anilines is 1. The normalized spacial score (nSPS) is 13.9. The van der Waals surface area contributed by atoms with Crippen LogP contribution >= 0.6 is 23.1 Å². The number of fused-ring (bicyclic) bond motifs is 1. The summed E-state index contributed by atoms with van der Waals surface area (Å²) < 4.78 is 12.2. The second-order valence-corrected chi connectivity index (χ2v) is 11.6. The van der Waals surface area contributed by atoms with Crippen molar-refractivity contribution in [1.29, 1.82) is 0 Å². The SMILES string of the molecule is CCOC(=O)c1c(NC(=O)[C@H](C)Sc2nnnn2-c2ccc(OC)cc2)sc2c1CCN(Cc1ccccc1)C2. The van der Waals surface area contributed by atoms with Crippen LogP contribution in [0.15, 0.2) is 59.8 Å². The van der Waals surface area contributed by atoms with Crippen LogP contribution in [0.1, 0.15) is 40.2 Å². The van der Waals surface area contributed by atoms with Gasteiger partial charge in [0.1, 0.15) is 10.8 Å². The quantitative estimate of drug-likeness (QED) is 0.213. The summed E-state index contributed by atoms with van der Waals surface area (Å²) >= 11 is 2.68. The molecule has 1 atom stereocenters. The number of ether oxygens (including phenoxy) is 2. The minimum absolute atomic E-state index is 0.250. The zero-order valence-corrected chi connectivity index (χ0v) is 24.1. The number of aromatic nitrogens is 4. The molecule has 3 heterocycles. The van der Waals surface area contributed by atoms with Crippen molar-refractivity contribution in [3.05, 3.63) is 76.2 Å². The first kappa shape index (κ1) is 27.8. The van der Waals surface area contributed by atoms with E-state index in [1.54, 1.807) is 25.6 Å². The molecule has 0 unspecified atom stereocenters. The molecule has 0 saturated heterocycles. The van der Waals surface area contributed by atoms with E-state index < -0.39 is 11.2 Å². The first-order valence-electron chi connectivity index (χ1n) is 12.9. The van der Waals surface area contributed by atoms with Crippen LogP contribution in [0.5, 0.6) is 5.75 Å². The minimum atomic E-state index is -0.535. The molecule has 2 aromatic carbocycles. The lowest BCUT2D eigenvalue weighted by molar-refractivity contribution is -0.115. The Labute approximate surface area is 240 Å². The van der Waals surface area contributed by atoms with Gasteiger partial charge in [0.05, 0.1) is 30.2 Å². The highest BCUT2D eigenvalue weighted by molar-refractivity contribution is 8.00. The van der Waals surface area contributed by atoms with Crippen LogP contribution in [-0.2, 0) is 29.0 Å². The van der Waals surface area contributed by atoms with Crippen molar-refractivity contribution < 1.29 is 19.1 Å². The Morgan fingerprint density at radius 2 is 1.93 bits per heavy atom. The number of benzene rings is 2. The van der Waals surface area contributed by atoms with Gasteiger partial charge in [0.2, 0.25) is 11.1 Å². The number of carbonyl (C=O) groups is 2. The van der Waals surface area contributed by atoms with Gasteiger partial charge >= 0.3 is 5.97 Å². The van der Waals surface area contributed by atoms with Crippen LogP contribution in [0.25, 0.3) is 5.69 Å². The Balaban J connectivity index is 1.32. The lowest BCUT2D eigenvalue weighted by Gasteiger charge is -2.27. The van der Waals surface area contributed by atoms with Crippen molar-refractivity contribution in [3.8, 4) is 11.4 Å². The number of thioether (sulfide) groups is 1. The summed E-state index contributed by atoms with van der Waals surface area (Å²) in [6, 6.07) is 17.6. The number of hydrogen-bond acceptors (Lipinski definition) is 10. The Morgan fingerprint density at radius 3 is 2.65 bits per heavy atom. The van der Waals surface area contributed by atoms with Gasteiger partial charge < -0.3 is 14.8 Å². The number of nitrogens with one attached hydrogen (secondary N) is 1. The largest absolute Gasteiger partial charge is 0.497 e. The average Bonchev–Trinajstić information content (AvgIpc) is 3.57. The van der Waals surface area contributed by atoms with Crippen molar-refractivity contribution in [1.82, 2.24) is 25.1 Å². The highest BCUT2D eigenvalue weighted by atomic mass is 32.2. The third-order valence-electron chi connectivity index (χ3n) is 6.51. The maximum absolute atomic E-state index is 13.3. The Kier molecular flexibility index (Phi) is 8.78. The molecule has 0 saturated carbocycles. The summed E-state index contributed by atoms with van der Waals surface area (Å²) in [4.78, 5) is 29.8. The van der Waals surface area contributed by atoms with Gasteiger partial charge in [-0.2, -0.15) is 4.68 Å². The molecule has 12 heteroatoms. The van der Waals surface area contributed by atoms with Crippen LogP contribution < -0.4 is 10.1 Å². The second kappa shape index (κ2) is 12.6. The molecule has 10 nitrogen and oxygen atoms in total. The Morgan fingerprint density at radius 1 is 1.15 bits per heavy atom. The fourth-order valence-electron chi connectivity index (χ4n) is 4.50. The highest BCUT2D eigenvalue weighted by Gasteiger charge is 2.30. The van der Waals surface area contributed by atoms with Crippen LogP contribution in [-0.4, -0.2) is 62.5 Å². The maximum Gasteiger partial charge on any atom is 0.341 e. The van der Waals surface area contributed by atoms with E-state index in [2.05, 4.69) is 37.9 Å². The van der Waals surface area contributed by atoms with Crippen molar-refractivity contribution in [2.24, 2.45) is 0 Å². The van der Waals surface area contributed by atoms with E-state index in [-0.39, 0.29) is 12.5 Å². The van der Waals surface area contributed by atoms with Crippen LogP contribution in [0.3, 0.4) is 0 Å². The summed E-state index contributed by atoms with van der Waals surface area (Å²) in [5, 5.41) is 15.4. The van der Waals surface area contributed by atoms with Gasteiger partial charge in [-0.3, -0.25) is 9.69 Å². The Hall–Kier alpha value is -3.74. The standard InChI is InChI=1S/C28H30N6O4S2/c1-4-38-27(36)24-22-14-15-33(16-19-8-6-5-7-9-19)17-23(22)40-26(24)29-25(35)18(2)39-28-30-31-32-34(28)20-10-12-21(37-3)13-11-20/h5-13,18H,4,14-17H2,1-3H3,(H,29,35)/t18-/m0/s1. The number of esters is 1. The summed E-state index contributed by atoms with van der Waals surface area (Å²) in [5.41, 5.74) is 3.42. The molecule has 0 radical (unpaired) electrons. The molecule has 2 aromatic heterocycles. The predicted molar refractivity (Wildman–Crippen MR) is 154 cm³/mol. The molecule has 1 aliphatic rings. The molecular formula is C28H30N6O4S2. The van der Waals surface area contributed by atoms with E-state index >= 15 is 0 Å². The highest BCUT2D eigenvalue weighted by Crippen LogP contribution is 2.38. The maximum atomic E-state index is 13.3. The molecule has 0 spiro atoms. The zero-order valence-electron chi connectivity index (χ0n) is 22.5. The lowest BCUT2D eigenvalue weighted by Crippen LogP contribution is -2.30. The minimum Gasteiger partial charge on any atom is -0.497 e. The van der Waals surface area contributed by atoms with E-state index in [1.807, 2.05) is 42.5 Å². The summed E-state index contributed by atoms with van der Waals surface area (Å²) in [6.45, 7) is 6.17. The van der Waals surface area contributed by atoms with E-state index in [0.29, 0.717) is 28.7 Å². The van der Waals surface area contributed by atoms with Crippen molar-refractivity contribution in [2.75, 3.05) is 25.6 Å². The summed E-state index contributed by atoms with van der Waals surface area (Å²) in [6.07, 6.45) is 0.712. The number of tetrazole rings is 1. The molecule has 5 rings (SSSR count). The van der Waals surface area contributed by atoms with Gasteiger partial charge in [0.15, 0.2) is 0 Å².